The van der Waals surface area contributed by atoms with Crippen LogP contribution in [0.2, 0.25) is 0 Å². The van der Waals surface area contributed by atoms with E-state index in [1.54, 1.807) is 12.4 Å². The quantitative estimate of drug-likeness (QED) is 0.166. The minimum Gasteiger partial charge on any atom is -0.632 e. The number of nitrogens with one attached hydrogen (secondary N) is 4. The molecule has 5 rings (SSSR count). The smallest absolute Gasteiger partial charge is 0.632 e. The van der Waals surface area contributed by atoms with Gasteiger partial charge in [-0.05, 0) is 46.9 Å². The number of benzene rings is 2. The predicted molar refractivity (Wildman–Crippen MR) is 166 cm³/mol. The summed E-state index contributed by atoms with van der Waals surface area (Å²) in [6, 6.07) is 15.8. The van der Waals surface area contributed by atoms with Crippen molar-refractivity contribution in [3.63, 3.8) is 0 Å². The number of amides is 2. The number of fused-ring (bicyclic) bond motifs is 3. The Bertz CT molecular complexity index is 1640. The van der Waals surface area contributed by atoms with Crippen molar-refractivity contribution in [2.75, 3.05) is 14.2 Å². The molecule has 0 fully saturated rings. The Kier molecular flexibility index (Phi) is 19.2. The zero-order valence-corrected chi connectivity index (χ0v) is 27.8. The van der Waals surface area contributed by atoms with Crippen molar-refractivity contribution in [3.05, 3.63) is 77.1 Å². The fourth-order valence-electron chi connectivity index (χ4n) is 3.46. The van der Waals surface area contributed by atoms with Gasteiger partial charge in [-0.15, -0.1) is 0 Å². The molecule has 2 aromatic carbocycles. The first kappa shape index (κ1) is 41.1. The van der Waals surface area contributed by atoms with Crippen LogP contribution in [0, 0.1) is 11.8 Å². The average Bonchev–Trinajstić information content (AvgIpc) is 3.66. The largest absolute Gasteiger partial charge is 2.00 e. The van der Waals surface area contributed by atoms with Gasteiger partial charge in [-0.1, -0.05) is 25.5 Å². The number of nitrogens with zero attached hydrogens (tertiary/aromatic N) is 2. The van der Waals surface area contributed by atoms with Gasteiger partial charge in [0.2, 0.25) is 12.2 Å². The number of H-pyrrole nitrogens is 2. The minimum absolute atomic E-state index is 0. The molecule has 45 heavy (non-hydrogen) atoms. The fourth-order valence-corrected chi connectivity index (χ4v) is 4.30. The number of carbonyl (C=O) groups excluding carboxylic acids is 4. The van der Waals surface area contributed by atoms with Crippen LogP contribution < -0.4 is 15.9 Å². The second-order valence-electron chi connectivity index (χ2n) is 7.85. The maximum atomic E-state index is 10.6. The van der Waals surface area contributed by atoms with Crippen molar-refractivity contribution in [1.29, 1.82) is 0 Å². The second kappa shape index (κ2) is 21.0. The monoisotopic (exact) mass is 722 g/mol. The van der Waals surface area contributed by atoms with E-state index in [2.05, 4.69) is 53.4 Å². The van der Waals surface area contributed by atoms with Crippen LogP contribution in [-0.4, -0.2) is 58.4 Å². The maximum absolute atomic E-state index is 10.6. The minimum atomic E-state index is -0.995. The number of carbonyl (C=O) groups is 2. The van der Waals surface area contributed by atoms with E-state index in [1.165, 1.54) is 0 Å². The predicted octanol–water partition coefficient (Wildman–Crippen LogP) is 4.74. The van der Waals surface area contributed by atoms with Gasteiger partial charge < -0.3 is 45.2 Å². The van der Waals surface area contributed by atoms with Crippen LogP contribution in [0.25, 0.3) is 33.9 Å². The molecule has 4 N–H and O–H groups in total. The van der Waals surface area contributed by atoms with Gasteiger partial charge in [-0.25, -0.2) is 22.0 Å². The number of ether oxygens (including phenoxy) is 3. The first-order valence-corrected chi connectivity index (χ1v) is 13.7. The van der Waals surface area contributed by atoms with E-state index in [0.717, 1.165) is 53.5 Å². The number of aromatic nitrogens is 4. The number of imidazole rings is 2. The zero-order valence-electron chi connectivity index (χ0n) is 23.0. The molecule has 1 aliphatic rings. The molecule has 2 aromatic heterocycles. The fraction of sp³-hybridized carbons (Fsp3) is 0.143. The molecule has 3 heterocycles. The van der Waals surface area contributed by atoms with Gasteiger partial charge in [0, 0.05) is 11.1 Å². The summed E-state index contributed by atoms with van der Waals surface area (Å²) in [7, 11) is 2.10. The number of hydrogen-bond acceptors (Lipinski definition) is 9. The molecule has 2 unspecified atom stereocenters. The molecule has 0 bridgehead atoms. The normalized spacial score (nSPS) is 10.2. The van der Waals surface area contributed by atoms with Gasteiger partial charge in [0.05, 0.1) is 43.4 Å². The maximum Gasteiger partial charge on any atom is 2.00 e. The van der Waals surface area contributed by atoms with E-state index in [-0.39, 0.29) is 61.7 Å². The molecule has 2 amide bonds. The molecule has 13 nitrogen and oxygen atoms in total. The van der Waals surface area contributed by atoms with Gasteiger partial charge in [0.1, 0.15) is 18.1 Å². The molecule has 0 aliphatic carbocycles. The molecule has 17 heteroatoms. The zero-order chi connectivity index (χ0) is 30.5. The Morgan fingerprint density at radius 3 is 2.07 bits per heavy atom. The summed E-state index contributed by atoms with van der Waals surface area (Å²) in [5, 5.41) is 0. The number of rotatable bonds is 5. The van der Waals surface area contributed by atoms with Gasteiger partial charge in [-0.3, -0.25) is 9.59 Å². The van der Waals surface area contributed by atoms with Crippen molar-refractivity contribution in [2.24, 2.45) is 0 Å². The molecule has 1 aliphatic heterocycles. The SMILES string of the molecule is C.COC([NH-])=O.COC([NH-])=O.O=[C-]Pc1ncc(C#Cc2ccc3c(c2)OCc2cc(-c4cnc(P[C-]=O)[nH]4)ccc2-3)[nH]1.[V+2].[V+2]. The van der Waals surface area contributed by atoms with Crippen LogP contribution in [0.5, 0.6) is 5.75 Å². The number of hydrogen-bond donors (Lipinski definition) is 2. The number of methoxy groups -OCH3 is 2. The van der Waals surface area contributed by atoms with Crippen LogP contribution in [0.4, 0.5) is 9.59 Å². The van der Waals surface area contributed by atoms with Crippen molar-refractivity contribution < 1.29 is 70.5 Å². The van der Waals surface area contributed by atoms with E-state index >= 15 is 0 Å². The standard InChI is InChI=1S/C23H14N4O3P2.2C2H5NO2.CH4.2V/c28-12-31-22-24-9-17(26-22)4-1-14-2-5-19-18-6-3-15(8-16(18)11-30-21(19)7-14)20-10-25-23(27-20)32-13-29;2*1-5-2(3)4;;;/h2-3,5-10,31-32H,11H2,(H,24,26)(H,25,27);2*1H3,(H2,3,4);1H4;;/q-2;;;;2*+2/p-2. The molecule has 0 saturated carbocycles. The van der Waals surface area contributed by atoms with Crippen LogP contribution in [0.1, 0.15) is 24.2 Å². The van der Waals surface area contributed by atoms with Gasteiger partial charge in [-0.2, -0.15) is 17.2 Å². The van der Waals surface area contributed by atoms with Crippen LogP contribution in [0.3, 0.4) is 0 Å². The Labute approximate surface area is 287 Å². The molecular formula is C28H26N6O7P2V2. The summed E-state index contributed by atoms with van der Waals surface area (Å²) in [5.41, 5.74) is 19.6. The first-order valence-electron chi connectivity index (χ1n) is 11.7. The summed E-state index contributed by atoms with van der Waals surface area (Å²) in [6.45, 7) is 0.449. The van der Waals surface area contributed by atoms with E-state index in [1.807, 2.05) is 36.3 Å². The number of aromatic amines is 2. The molecule has 0 saturated heterocycles. The summed E-state index contributed by atoms with van der Waals surface area (Å²) in [4.78, 5) is 54.0. The van der Waals surface area contributed by atoms with Crippen LogP contribution in [0.15, 0.2) is 48.8 Å². The topological polar surface area (TPSA) is 201 Å². The van der Waals surface area contributed by atoms with Crippen molar-refractivity contribution in [1.82, 2.24) is 19.9 Å². The van der Waals surface area contributed by atoms with Crippen molar-refractivity contribution >= 4 is 52.5 Å². The summed E-state index contributed by atoms with van der Waals surface area (Å²) in [5.74, 6) is 6.90. The van der Waals surface area contributed by atoms with Crippen LogP contribution in [-0.2, 0) is 62.8 Å². The van der Waals surface area contributed by atoms with E-state index in [4.69, 9.17) is 16.2 Å². The Morgan fingerprint density at radius 2 is 1.47 bits per heavy atom. The van der Waals surface area contributed by atoms with Gasteiger partial charge in [0.25, 0.3) is 0 Å². The third kappa shape index (κ3) is 12.6. The van der Waals surface area contributed by atoms with Crippen molar-refractivity contribution in [3.8, 4) is 40.0 Å². The average molecular weight is 722 g/mol. The molecule has 0 spiro atoms. The van der Waals surface area contributed by atoms with E-state index < -0.39 is 12.2 Å². The van der Waals surface area contributed by atoms with Gasteiger partial charge in [0.15, 0.2) is 0 Å². The van der Waals surface area contributed by atoms with E-state index in [0.29, 0.717) is 23.4 Å². The van der Waals surface area contributed by atoms with Crippen molar-refractivity contribution in [2.45, 2.75) is 14.0 Å². The Hall–Kier alpha value is -3.87. The van der Waals surface area contributed by atoms with Gasteiger partial charge >= 0.3 is 37.1 Å². The molecule has 4 aromatic rings. The Morgan fingerprint density at radius 1 is 0.889 bits per heavy atom. The summed E-state index contributed by atoms with van der Waals surface area (Å²) >= 11 is 0. The molecule has 2 atom stereocenters. The summed E-state index contributed by atoms with van der Waals surface area (Å²) < 4.78 is 13.6. The van der Waals surface area contributed by atoms with Crippen LogP contribution >= 0.6 is 17.2 Å². The van der Waals surface area contributed by atoms with E-state index in [9.17, 15) is 19.2 Å². The molecular weight excluding hydrogens is 696 g/mol. The molecule has 230 valence electrons. The third-order valence-corrected chi connectivity index (χ3v) is 6.46. The second-order valence-corrected chi connectivity index (χ2v) is 9.71. The molecule has 2 radical (unpaired) electrons. The summed E-state index contributed by atoms with van der Waals surface area (Å²) in [6.07, 6.45) is 1.34. The first-order chi connectivity index (χ1) is 20.3. The third-order valence-electron chi connectivity index (χ3n) is 5.27. The Balaban J connectivity index is 0.00000131.